The fraction of sp³-hybridized carbons (Fsp3) is 0.385. The average molecular weight is 312 g/mol. The molecule has 1 saturated carbocycles. The molecule has 2 N–H and O–H groups in total. The van der Waals surface area contributed by atoms with Crippen molar-refractivity contribution in [3.05, 3.63) is 30.3 Å². The van der Waals surface area contributed by atoms with Crippen LogP contribution in [0.4, 0.5) is 0 Å². The van der Waals surface area contributed by atoms with Crippen LogP contribution in [0.1, 0.15) is 12.8 Å². The lowest BCUT2D eigenvalue weighted by molar-refractivity contribution is -0.143. The molecule has 8 heteroatoms. The first-order valence-electron chi connectivity index (χ1n) is 6.34. The molecule has 0 aromatic heterocycles. The topological polar surface area (TPSA) is 104 Å². The van der Waals surface area contributed by atoms with E-state index in [1.807, 2.05) is 0 Å². The van der Waals surface area contributed by atoms with Crippen molar-refractivity contribution < 1.29 is 23.1 Å². The van der Waals surface area contributed by atoms with Gasteiger partial charge in [0.15, 0.2) is 0 Å². The van der Waals surface area contributed by atoms with Gasteiger partial charge < -0.3 is 10.4 Å². The van der Waals surface area contributed by atoms with Gasteiger partial charge in [0.2, 0.25) is 15.9 Å². The van der Waals surface area contributed by atoms with Gasteiger partial charge in [0.25, 0.3) is 0 Å². The molecule has 1 aliphatic rings. The number of carboxylic acids is 1. The number of carbonyl (C=O) groups excluding carboxylic acids is 1. The van der Waals surface area contributed by atoms with E-state index in [0.717, 1.165) is 4.31 Å². The average Bonchev–Trinajstić information content (AvgIpc) is 3.20. The second-order valence-electron chi connectivity index (χ2n) is 5.01. The molecule has 1 aromatic rings. The molecule has 0 saturated heterocycles. The number of aliphatic carboxylic acids is 1. The summed E-state index contributed by atoms with van der Waals surface area (Å²) in [4.78, 5) is 22.9. The summed E-state index contributed by atoms with van der Waals surface area (Å²) in [5.41, 5.74) is -1.21. The van der Waals surface area contributed by atoms with Crippen LogP contribution in [0.25, 0.3) is 0 Å². The number of hydrogen-bond donors (Lipinski definition) is 2. The van der Waals surface area contributed by atoms with E-state index < -0.39 is 34.0 Å². The molecule has 114 valence electrons. The first-order chi connectivity index (χ1) is 9.78. The van der Waals surface area contributed by atoms with Crippen LogP contribution < -0.4 is 5.32 Å². The highest BCUT2D eigenvalue weighted by Gasteiger charge is 2.51. The number of nitrogens with one attached hydrogen (secondary N) is 1. The Balaban J connectivity index is 2.03. The van der Waals surface area contributed by atoms with Crippen LogP contribution in [0.5, 0.6) is 0 Å². The Morgan fingerprint density at radius 2 is 1.86 bits per heavy atom. The third-order valence-electron chi connectivity index (χ3n) is 3.36. The summed E-state index contributed by atoms with van der Waals surface area (Å²) in [6, 6.07) is 7.73. The molecule has 0 unspecified atom stereocenters. The molecule has 0 heterocycles. The van der Waals surface area contributed by atoms with E-state index in [4.69, 9.17) is 5.11 Å². The summed E-state index contributed by atoms with van der Waals surface area (Å²) >= 11 is 0. The normalized spacial score (nSPS) is 16.5. The van der Waals surface area contributed by atoms with Gasteiger partial charge in [0.05, 0.1) is 11.4 Å². The van der Waals surface area contributed by atoms with Crippen molar-refractivity contribution in [2.75, 3.05) is 13.6 Å². The Labute approximate surface area is 122 Å². The molecule has 0 radical (unpaired) electrons. The maximum atomic E-state index is 12.2. The van der Waals surface area contributed by atoms with Gasteiger partial charge in [-0.3, -0.25) is 4.79 Å². The fourth-order valence-corrected chi connectivity index (χ4v) is 3.03. The van der Waals surface area contributed by atoms with Gasteiger partial charge in [-0.25, -0.2) is 13.2 Å². The SMILES string of the molecule is CN(CC(=O)NC1(C(=O)O)CC1)S(=O)(=O)c1ccccc1. The number of amides is 1. The van der Waals surface area contributed by atoms with Gasteiger partial charge in [-0.1, -0.05) is 18.2 Å². The zero-order valence-corrected chi connectivity index (χ0v) is 12.3. The van der Waals surface area contributed by atoms with Crippen molar-refractivity contribution in [3.8, 4) is 0 Å². The lowest BCUT2D eigenvalue weighted by atomic mass is 10.3. The van der Waals surface area contributed by atoms with E-state index in [-0.39, 0.29) is 4.90 Å². The smallest absolute Gasteiger partial charge is 0.329 e. The summed E-state index contributed by atoms with van der Waals surface area (Å²) < 4.78 is 25.3. The summed E-state index contributed by atoms with van der Waals surface area (Å²) in [7, 11) is -2.48. The van der Waals surface area contributed by atoms with Crippen molar-refractivity contribution in [1.82, 2.24) is 9.62 Å². The Bertz CT molecular complexity index is 652. The third kappa shape index (κ3) is 3.22. The lowest BCUT2D eigenvalue weighted by Gasteiger charge is -2.18. The van der Waals surface area contributed by atoms with Crippen LogP contribution in [0.3, 0.4) is 0 Å². The van der Waals surface area contributed by atoms with Crippen molar-refractivity contribution >= 4 is 21.9 Å². The van der Waals surface area contributed by atoms with Gasteiger partial charge in [-0.15, -0.1) is 0 Å². The molecule has 1 aliphatic carbocycles. The summed E-state index contributed by atoms with van der Waals surface area (Å²) in [5, 5.41) is 11.4. The molecule has 1 amide bonds. The van der Waals surface area contributed by atoms with E-state index in [1.54, 1.807) is 18.2 Å². The molecular weight excluding hydrogens is 296 g/mol. The van der Waals surface area contributed by atoms with Crippen LogP contribution in [-0.4, -0.2) is 48.8 Å². The quantitative estimate of drug-likeness (QED) is 0.772. The molecular formula is C13H16N2O5S. The summed E-state index contributed by atoms with van der Waals surface area (Å²) in [6.45, 7) is -0.424. The maximum Gasteiger partial charge on any atom is 0.329 e. The number of hydrogen-bond acceptors (Lipinski definition) is 4. The van der Waals surface area contributed by atoms with Crippen LogP contribution >= 0.6 is 0 Å². The minimum atomic E-state index is -3.76. The Hall–Kier alpha value is -1.93. The molecule has 0 atom stereocenters. The maximum absolute atomic E-state index is 12.2. The van der Waals surface area contributed by atoms with Gasteiger partial charge >= 0.3 is 5.97 Å². The summed E-state index contributed by atoms with van der Waals surface area (Å²) in [5.74, 6) is -1.72. The highest BCUT2D eigenvalue weighted by atomic mass is 32.2. The highest BCUT2D eigenvalue weighted by molar-refractivity contribution is 7.89. The zero-order valence-electron chi connectivity index (χ0n) is 11.4. The van der Waals surface area contributed by atoms with Gasteiger partial charge in [0.1, 0.15) is 5.54 Å². The van der Waals surface area contributed by atoms with Crippen molar-refractivity contribution in [2.45, 2.75) is 23.3 Å². The minimum Gasteiger partial charge on any atom is -0.480 e. The Kier molecular flexibility index (Phi) is 4.02. The van der Waals surface area contributed by atoms with Crippen LogP contribution in [-0.2, 0) is 19.6 Å². The van der Waals surface area contributed by atoms with Crippen LogP contribution in [0, 0.1) is 0 Å². The van der Waals surface area contributed by atoms with E-state index in [9.17, 15) is 18.0 Å². The van der Waals surface area contributed by atoms with Crippen LogP contribution in [0.2, 0.25) is 0 Å². The zero-order chi connectivity index (χ0) is 15.7. The van der Waals surface area contributed by atoms with E-state index >= 15 is 0 Å². The lowest BCUT2D eigenvalue weighted by Crippen LogP contribution is -2.47. The van der Waals surface area contributed by atoms with Gasteiger partial charge in [-0.2, -0.15) is 4.31 Å². The number of carboxylic acid groups (broad SMARTS) is 1. The first-order valence-corrected chi connectivity index (χ1v) is 7.78. The minimum absolute atomic E-state index is 0.0830. The third-order valence-corrected chi connectivity index (χ3v) is 5.17. The van der Waals surface area contributed by atoms with E-state index in [2.05, 4.69) is 5.32 Å². The van der Waals surface area contributed by atoms with Gasteiger partial charge in [0, 0.05) is 7.05 Å². The van der Waals surface area contributed by atoms with Crippen molar-refractivity contribution in [2.24, 2.45) is 0 Å². The highest BCUT2D eigenvalue weighted by Crippen LogP contribution is 2.35. The summed E-state index contributed by atoms with van der Waals surface area (Å²) in [6.07, 6.45) is 0.729. The number of benzene rings is 1. The predicted octanol–water partition coefficient (Wildman–Crippen LogP) is 0.0405. The Morgan fingerprint density at radius 1 is 1.29 bits per heavy atom. The molecule has 2 rings (SSSR count). The monoisotopic (exact) mass is 312 g/mol. The molecule has 0 spiro atoms. The fourth-order valence-electron chi connectivity index (χ4n) is 1.88. The number of rotatable bonds is 6. The molecule has 0 aliphatic heterocycles. The van der Waals surface area contributed by atoms with E-state index in [0.29, 0.717) is 12.8 Å². The molecule has 1 fully saturated rings. The van der Waals surface area contributed by atoms with Crippen molar-refractivity contribution in [1.29, 1.82) is 0 Å². The van der Waals surface area contributed by atoms with E-state index in [1.165, 1.54) is 19.2 Å². The molecule has 1 aromatic carbocycles. The second kappa shape index (κ2) is 5.45. The Morgan fingerprint density at radius 3 is 2.33 bits per heavy atom. The number of carbonyl (C=O) groups is 2. The molecule has 21 heavy (non-hydrogen) atoms. The second-order valence-corrected chi connectivity index (χ2v) is 7.05. The van der Waals surface area contributed by atoms with Crippen molar-refractivity contribution in [3.63, 3.8) is 0 Å². The number of likely N-dealkylation sites (N-methyl/N-ethyl adjacent to an activating group) is 1. The molecule has 0 bridgehead atoms. The van der Waals surface area contributed by atoms with Crippen LogP contribution in [0.15, 0.2) is 35.2 Å². The molecule has 7 nitrogen and oxygen atoms in total. The first kappa shape index (κ1) is 15.5. The van der Waals surface area contributed by atoms with Gasteiger partial charge in [-0.05, 0) is 25.0 Å². The predicted molar refractivity (Wildman–Crippen MR) is 74.0 cm³/mol. The number of sulfonamides is 1. The largest absolute Gasteiger partial charge is 0.480 e. The number of nitrogens with zero attached hydrogens (tertiary/aromatic N) is 1. The standard InChI is InChI=1S/C13H16N2O5S/c1-15(21(19,20)10-5-3-2-4-6-10)9-11(16)14-13(7-8-13)12(17)18/h2-6H,7-9H2,1H3,(H,14,16)(H,17,18).